The molecule has 0 unspecified atom stereocenters. The van der Waals surface area contributed by atoms with Crippen LogP contribution in [0.15, 0.2) is 28.5 Å². The fourth-order valence-corrected chi connectivity index (χ4v) is 1.84. The van der Waals surface area contributed by atoms with Crippen LogP contribution in [-0.4, -0.2) is 40.0 Å². The van der Waals surface area contributed by atoms with Gasteiger partial charge in [-0.25, -0.2) is 13.5 Å². The Bertz CT molecular complexity index is 722. The van der Waals surface area contributed by atoms with Crippen LogP contribution >= 0.6 is 0 Å². The van der Waals surface area contributed by atoms with Crippen molar-refractivity contribution in [1.82, 2.24) is 20.0 Å². The molecule has 1 aromatic carbocycles. The molecule has 0 aliphatic carbocycles. The van der Waals surface area contributed by atoms with Crippen molar-refractivity contribution in [3.63, 3.8) is 0 Å². The topological polar surface area (TPSA) is 102 Å². The first-order valence-corrected chi connectivity index (χ1v) is 6.65. The summed E-state index contributed by atoms with van der Waals surface area (Å²) >= 11 is 0. The lowest BCUT2D eigenvalue weighted by atomic mass is 10.1. The third-order valence-electron chi connectivity index (χ3n) is 2.90. The smallest absolute Gasteiger partial charge is 0.273 e. The van der Waals surface area contributed by atoms with Gasteiger partial charge in [0.1, 0.15) is 11.6 Å². The van der Waals surface area contributed by atoms with Crippen LogP contribution in [0, 0.1) is 11.6 Å². The molecule has 0 atom stereocenters. The maximum absolute atomic E-state index is 13.6. The van der Waals surface area contributed by atoms with Gasteiger partial charge in [-0.1, -0.05) is 16.5 Å². The summed E-state index contributed by atoms with van der Waals surface area (Å²) in [6.07, 6.45) is 0.00452. The second-order valence-corrected chi connectivity index (χ2v) is 4.84. The fourth-order valence-electron chi connectivity index (χ4n) is 1.84. The Morgan fingerprint density at radius 3 is 2.57 bits per heavy atom. The van der Waals surface area contributed by atoms with Gasteiger partial charge in [-0.15, -0.1) is 10.2 Å². The zero-order valence-electron chi connectivity index (χ0n) is 12.6. The third kappa shape index (κ3) is 3.84. The molecule has 0 fully saturated rings. The predicted molar refractivity (Wildman–Crippen MR) is 76.8 cm³/mol. The maximum Gasteiger partial charge on any atom is 0.273 e. The minimum atomic E-state index is -0.818. The normalized spacial score (nSPS) is 11.1. The summed E-state index contributed by atoms with van der Waals surface area (Å²) in [5, 5.41) is 16.4. The average Bonchev–Trinajstić information content (AvgIpc) is 2.87. The highest BCUT2D eigenvalue weighted by atomic mass is 19.1. The molecule has 122 valence electrons. The van der Waals surface area contributed by atoms with Crippen LogP contribution < -0.4 is 5.73 Å². The van der Waals surface area contributed by atoms with Gasteiger partial charge in [0.15, 0.2) is 5.69 Å². The molecule has 0 aliphatic rings. The van der Waals surface area contributed by atoms with E-state index in [0.29, 0.717) is 0 Å². The number of halogens is 2. The molecule has 2 aromatic rings. The number of aromatic nitrogens is 3. The summed E-state index contributed by atoms with van der Waals surface area (Å²) in [5.74, 6) is -2.10. The first kappa shape index (κ1) is 16.5. The number of carbonyl (C=O) groups excluding carboxylic acids is 1. The summed E-state index contributed by atoms with van der Waals surface area (Å²) in [5.41, 5.74) is 4.95. The van der Waals surface area contributed by atoms with Gasteiger partial charge in [0.2, 0.25) is 5.82 Å². The molecular formula is C13H15F2N7O. The van der Waals surface area contributed by atoms with E-state index in [2.05, 4.69) is 20.6 Å². The lowest BCUT2D eigenvalue weighted by Gasteiger charge is -2.06. The van der Waals surface area contributed by atoms with Gasteiger partial charge in [-0.3, -0.25) is 9.80 Å². The fraction of sp³-hybridized carbons (Fsp3) is 0.308. The Morgan fingerprint density at radius 1 is 1.35 bits per heavy atom. The molecule has 23 heavy (non-hydrogen) atoms. The van der Waals surface area contributed by atoms with Crippen molar-refractivity contribution in [2.24, 2.45) is 16.1 Å². The van der Waals surface area contributed by atoms with Crippen molar-refractivity contribution in [2.75, 3.05) is 14.1 Å². The lowest BCUT2D eigenvalue weighted by molar-refractivity contribution is 0.0996. The molecule has 0 aliphatic heterocycles. The van der Waals surface area contributed by atoms with E-state index in [4.69, 9.17) is 5.73 Å². The summed E-state index contributed by atoms with van der Waals surface area (Å²) in [7, 11) is 3.27. The zero-order valence-corrected chi connectivity index (χ0v) is 12.6. The van der Waals surface area contributed by atoms with E-state index < -0.39 is 17.5 Å². The number of aryl methyl sites for hydroxylation is 1. The third-order valence-corrected chi connectivity index (χ3v) is 2.90. The number of amides is 1. The SMILES string of the molecule is CN(C)N=Nc1c(C(N)=O)nnn1CCc1c(F)cccc1F. The van der Waals surface area contributed by atoms with E-state index >= 15 is 0 Å². The average molecular weight is 323 g/mol. The van der Waals surface area contributed by atoms with Gasteiger partial charge in [0.05, 0.1) is 0 Å². The van der Waals surface area contributed by atoms with Crippen molar-refractivity contribution in [1.29, 1.82) is 0 Å². The van der Waals surface area contributed by atoms with Crippen molar-refractivity contribution >= 4 is 11.7 Å². The molecule has 1 aromatic heterocycles. The molecule has 0 saturated carbocycles. The second kappa shape index (κ2) is 6.90. The van der Waals surface area contributed by atoms with Gasteiger partial charge >= 0.3 is 0 Å². The number of hydrogen-bond acceptors (Lipinski definition) is 5. The van der Waals surface area contributed by atoms with E-state index in [0.717, 1.165) is 0 Å². The van der Waals surface area contributed by atoms with Crippen LogP contribution in [0.3, 0.4) is 0 Å². The van der Waals surface area contributed by atoms with Crippen LogP contribution in [0.25, 0.3) is 0 Å². The van der Waals surface area contributed by atoms with Gasteiger partial charge in [0, 0.05) is 26.2 Å². The molecule has 0 saturated heterocycles. The van der Waals surface area contributed by atoms with Gasteiger partial charge < -0.3 is 5.73 Å². The molecule has 1 amide bonds. The van der Waals surface area contributed by atoms with Crippen LogP contribution in [0.1, 0.15) is 16.1 Å². The van der Waals surface area contributed by atoms with Crippen LogP contribution in [-0.2, 0) is 13.0 Å². The molecule has 0 spiro atoms. The van der Waals surface area contributed by atoms with Gasteiger partial charge in [-0.2, -0.15) is 0 Å². The molecule has 2 N–H and O–H groups in total. The number of carbonyl (C=O) groups is 1. The molecule has 1 heterocycles. The number of nitrogens with two attached hydrogens (primary N) is 1. The minimum Gasteiger partial charge on any atom is -0.364 e. The quantitative estimate of drug-likeness (QED) is 0.642. The second-order valence-electron chi connectivity index (χ2n) is 4.84. The lowest BCUT2D eigenvalue weighted by Crippen LogP contribution is -2.12. The standard InChI is InChI=1S/C13H15F2N7O/c1-21(2)19-18-13-11(12(16)23)17-20-22(13)7-6-8-9(14)4-3-5-10(8)15/h3-5H,6-7H2,1-2H3,(H2,16,23). The summed E-state index contributed by atoms with van der Waals surface area (Å²) in [4.78, 5) is 11.3. The monoisotopic (exact) mass is 323 g/mol. The Labute approximate surface area is 130 Å². The number of nitrogens with zero attached hydrogens (tertiary/aromatic N) is 6. The highest BCUT2D eigenvalue weighted by molar-refractivity contribution is 5.94. The Morgan fingerprint density at radius 2 is 2.00 bits per heavy atom. The van der Waals surface area contributed by atoms with Crippen molar-refractivity contribution in [3.8, 4) is 0 Å². The molecular weight excluding hydrogens is 308 g/mol. The molecule has 2 rings (SSSR count). The number of benzene rings is 1. The van der Waals surface area contributed by atoms with Crippen molar-refractivity contribution in [3.05, 3.63) is 41.1 Å². The Kier molecular flexibility index (Phi) is 4.94. The number of primary amides is 1. The van der Waals surface area contributed by atoms with Crippen molar-refractivity contribution < 1.29 is 13.6 Å². The van der Waals surface area contributed by atoms with Crippen LogP contribution in [0.2, 0.25) is 0 Å². The van der Waals surface area contributed by atoms with E-state index in [1.54, 1.807) is 14.1 Å². The van der Waals surface area contributed by atoms with Gasteiger partial charge in [-0.05, 0) is 18.6 Å². The summed E-state index contributed by atoms with van der Waals surface area (Å²) < 4.78 is 28.5. The highest BCUT2D eigenvalue weighted by Gasteiger charge is 2.18. The largest absolute Gasteiger partial charge is 0.364 e. The van der Waals surface area contributed by atoms with E-state index in [1.165, 1.54) is 27.9 Å². The van der Waals surface area contributed by atoms with Gasteiger partial charge in [0.25, 0.3) is 5.91 Å². The molecule has 0 bridgehead atoms. The van der Waals surface area contributed by atoms with E-state index in [1.807, 2.05) is 0 Å². The highest BCUT2D eigenvalue weighted by Crippen LogP contribution is 2.19. The zero-order chi connectivity index (χ0) is 17.0. The van der Waals surface area contributed by atoms with E-state index in [9.17, 15) is 13.6 Å². The molecule has 10 heteroatoms. The van der Waals surface area contributed by atoms with Crippen LogP contribution in [0.5, 0.6) is 0 Å². The van der Waals surface area contributed by atoms with E-state index in [-0.39, 0.29) is 30.0 Å². The minimum absolute atomic E-state index is 0.00452. The number of hydrogen-bond donors (Lipinski definition) is 1. The summed E-state index contributed by atoms with van der Waals surface area (Å²) in [6, 6.07) is 3.62. The summed E-state index contributed by atoms with van der Waals surface area (Å²) in [6.45, 7) is 0.0555. The first-order chi connectivity index (χ1) is 10.9. The number of rotatable bonds is 6. The molecule has 8 nitrogen and oxygen atoms in total. The Balaban J connectivity index is 2.28. The maximum atomic E-state index is 13.6. The van der Waals surface area contributed by atoms with Crippen LogP contribution in [0.4, 0.5) is 14.6 Å². The van der Waals surface area contributed by atoms with Crippen molar-refractivity contribution in [2.45, 2.75) is 13.0 Å². The molecule has 0 radical (unpaired) electrons. The Hall–Kier alpha value is -2.91. The predicted octanol–water partition coefficient (Wildman–Crippen LogP) is 1.46. The first-order valence-electron chi connectivity index (χ1n) is 6.65.